The Labute approximate surface area is 174 Å². The number of anilines is 2. The van der Waals surface area contributed by atoms with E-state index in [1.165, 1.54) is 4.90 Å². The Morgan fingerprint density at radius 3 is 2.30 bits per heavy atom. The van der Waals surface area contributed by atoms with Crippen molar-refractivity contribution < 1.29 is 14.3 Å². The number of nitrogens with one attached hydrogen (secondary N) is 1. The average molecular weight is 397 g/mol. The zero-order chi connectivity index (χ0) is 20.9. The maximum atomic E-state index is 12.8. The number of rotatable bonds is 5. The van der Waals surface area contributed by atoms with Crippen LogP contribution in [0.25, 0.3) is 0 Å². The van der Waals surface area contributed by atoms with E-state index in [9.17, 15) is 9.59 Å². The number of carbonyl (C=O) groups excluding carboxylic acids is 2. The van der Waals surface area contributed by atoms with Crippen LogP contribution in [-0.4, -0.2) is 17.9 Å². The molecular weight excluding hydrogens is 378 g/mol. The monoisotopic (exact) mass is 397 g/mol. The molecule has 1 fully saturated rings. The molecule has 0 aromatic heterocycles. The minimum absolute atomic E-state index is 0.0910. The highest BCUT2D eigenvalue weighted by Crippen LogP contribution is 2.30. The minimum Gasteiger partial charge on any atom is -0.457 e. The van der Waals surface area contributed by atoms with Gasteiger partial charge in [0.1, 0.15) is 17.5 Å². The van der Waals surface area contributed by atoms with Gasteiger partial charge in [0.2, 0.25) is 11.8 Å². The summed E-state index contributed by atoms with van der Waals surface area (Å²) in [7, 11) is 0. The fourth-order valence-electron chi connectivity index (χ4n) is 3.41. The summed E-state index contributed by atoms with van der Waals surface area (Å²) in [5.74, 6) is 1.03. The molecule has 1 unspecified atom stereocenters. The number of nitriles is 1. The highest BCUT2D eigenvalue weighted by atomic mass is 16.5. The van der Waals surface area contributed by atoms with Gasteiger partial charge in [0.15, 0.2) is 0 Å². The maximum absolute atomic E-state index is 12.8. The molecule has 1 heterocycles. The van der Waals surface area contributed by atoms with Crippen molar-refractivity contribution in [2.45, 2.75) is 18.9 Å². The lowest BCUT2D eigenvalue weighted by Crippen LogP contribution is -2.41. The maximum Gasteiger partial charge on any atom is 0.247 e. The highest BCUT2D eigenvalue weighted by molar-refractivity contribution is 6.07. The van der Waals surface area contributed by atoms with Crippen molar-refractivity contribution in [1.82, 2.24) is 0 Å². The van der Waals surface area contributed by atoms with Crippen LogP contribution in [0.2, 0.25) is 0 Å². The number of para-hydroxylation sites is 1. The Bertz CT molecular complexity index is 1090. The van der Waals surface area contributed by atoms with Gasteiger partial charge in [-0.1, -0.05) is 18.2 Å². The van der Waals surface area contributed by atoms with Crippen LogP contribution in [0.3, 0.4) is 0 Å². The van der Waals surface area contributed by atoms with Crippen molar-refractivity contribution in [3.63, 3.8) is 0 Å². The average Bonchev–Trinajstić information content (AvgIpc) is 3.17. The smallest absolute Gasteiger partial charge is 0.247 e. The van der Waals surface area contributed by atoms with Crippen molar-refractivity contribution >= 4 is 23.2 Å². The van der Waals surface area contributed by atoms with Gasteiger partial charge in [-0.15, -0.1) is 0 Å². The molecule has 0 spiro atoms. The summed E-state index contributed by atoms with van der Waals surface area (Å²) < 4.78 is 5.79. The number of benzene rings is 3. The lowest BCUT2D eigenvalue weighted by molar-refractivity contribution is -0.120. The topological polar surface area (TPSA) is 82.4 Å². The fraction of sp³-hybridized carbons (Fsp3) is 0.125. The van der Waals surface area contributed by atoms with Gasteiger partial charge in [-0.25, -0.2) is 0 Å². The molecule has 1 N–H and O–H groups in total. The molecule has 0 radical (unpaired) electrons. The summed E-state index contributed by atoms with van der Waals surface area (Å²) in [5, 5.41) is 11.7. The van der Waals surface area contributed by atoms with E-state index in [-0.39, 0.29) is 11.8 Å². The third-order valence-electron chi connectivity index (χ3n) is 4.89. The van der Waals surface area contributed by atoms with E-state index in [0.29, 0.717) is 35.5 Å². The van der Waals surface area contributed by atoms with Crippen LogP contribution in [0.1, 0.15) is 18.4 Å². The highest BCUT2D eigenvalue weighted by Gasteiger charge is 2.37. The van der Waals surface area contributed by atoms with Crippen molar-refractivity contribution in [3.8, 4) is 17.6 Å². The molecule has 148 valence electrons. The quantitative estimate of drug-likeness (QED) is 0.688. The van der Waals surface area contributed by atoms with Gasteiger partial charge in [0.25, 0.3) is 0 Å². The van der Waals surface area contributed by atoms with Crippen LogP contribution in [0.4, 0.5) is 11.4 Å². The van der Waals surface area contributed by atoms with Gasteiger partial charge >= 0.3 is 0 Å². The molecule has 2 amide bonds. The van der Waals surface area contributed by atoms with Crippen molar-refractivity contribution in [3.05, 3.63) is 84.4 Å². The molecular formula is C24H19N3O3. The molecule has 6 nitrogen and oxygen atoms in total. The Morgan fingerprint density at radius 2 is 1.63 bits per heavy atom. The molecule has 0 aliphatic carbocycles. The molecule has 1 saturated heterocycles. The largest absolute Gasteiger partial charge is 0.457 e. The molecule has 1 aliphatic heterocycles. The summed E-state index contributed by atoms with van der Waals surface area (Å²) in [5.41, 5.74) is 1.76. The predicted octanol–water partition coefficient (Wildman–Crippen LogP) is 4.48. The Kier molecular flexibility index (Phi) is 5.44. The van der Waals surface area contributed by atoms with Crippen LogP contribution in [-0.2, 0) is 9.59 Å². The Balaban J connectivity index is 1.48. The van der Waals surface area contributed by atoms with Gasteiger partial charge in [-0.05, 0) is 67.1 Å². The first-order chi connectivity index (χ1) is 14.6. The molecule has 3 aromatic carbocycles. The predicted molar refractivity (Wildman–Crippen MR) is 113 cm³/mol. The van der Waals surface area contributed by atoms with E-state index in [1.54, 1.807) is 48.5 Å². The Hall–Kier alpha value is -4.11. The van der Waals surface area contributed by atoms with E-state index in [2.05, 4.69) is 5.32 Å². The molecule has 6 heteroatoms. The lowest BCUT2D eigenvalue weighted by Gasteiger charge is -2.24. The van der Waals surface area contributed by atoms with Gasteiger partial charge in [-0.3, -0.25) is 14.5 Å². The standard InChI is InChI=1S/C24H19N3O3/c25-16-17-6-8-18(9-7-17)26-24(29)22-14-15-23(28)27(22)19-10-12-21(13-11-19)30-20-4-2-1-3-5-20/h1-13,22H,14-15H2,(H,26,29). The van der Waals surface area contributed by atoms with E-state index in [4.69, 9.17) is 10.00 Å². The molecule has 0 saturated carbocycles. The van der Waals surface area contributed by atoms with Crippen LogP contribution in [0.5, 0.6) is 11.5 Å². The van der Waals surface area contributed by atoms with Crippen LogP contribution < -0.4 is 15.0 Å². The van der Waals surface area contributed by atoms with Crippen LogP contribution in [0, 0.1) is 11.3 Å². The van der Waals surface area contributed by atoms with E-state index >= 15 is 0 Å². The van der Waals surface area contributed by atoms with Crippen molar-refractivity contribution in [1.29, 1.82) is 5.26 Å². The first-order valence-corrected chi connectivity index (χ1v) is 9.60. The van der Waals surface area contributed by atoms with Gasteiger partial charge in [0.05, 0.1) is 11.6 Å². The van der Waals surface area contributed by atoms with Gasteiger partial charge < -0.3 is 10.1 Å². The number of nitrogens with zero attached hydrogens (tertiary/aromatic N) is 2. The number of carbonyl (C=O) groups is 2. The second-order valence-corrected chi connectivity index (χ2v) is 6.91. The third kappa shape index (κ3) is 4.15. The number of amides is 2. The second-order valence-electron chi connectivity index (χ2n) is 6.91. The zero-order valence-corrected chi connectivity index (χ0v) is 16.1. The molecule has 3 aromatic rings. The molecule has 30 heavy (non-hydrogen) atoms. The summed E-state index contributed by atoms with van der Waals surface area (Å²) in [6.07, 6.45) is 0.761. The zero-order valence-electron chi connectivity index (χ0n) is 16.1. The minimum atomic E-state index is -0.589. The second kappa shape index (κ2) is 8.50. The van der Waals surface area contributed by atoms with Crippen LogP contribution in [0.15, 0.2) is 78.9 Å². The van der Waals surface area contributed by atoms with Crippen LogP contribution >= 0.6 is 0 Å². The molecule has 4 rings (SSSR count). The third-order valence-corrected chi connectivity index (χ3v) is 4.89. The Morgan fingerprint density at radius 1 is 0.967 bits per heavy atom. The molecule has 0 bridgehead atoms. The van der Waals surface area contributed by atoms with E-state index in [1.807, 2.05) is 36.4 Å². The van der Waals surface area contributed by atoms with Gasteiger partial charge in [-0.2, -0.15) is 5.26 Å². The summed E-state index contributed by atoms with van der Waals surface area (Å²) >= 11 is 0. The summed E-state index contributed by atoms with van der Waals surface area (Å²) in [6, 6.07) is 24.6. The normalized spacial score (nSPS) is 15.5. The summed E-state index contributed by atoms with van der Waals surface area (Å²) in [4.78, 5) is 26.8. The number of hydrogen-bond acceptors (Lipinski definition) is 4. The van der Waals surface area contributed by atoms with E-state index in [0.717, 1.165) is 5.75 Å². The number of hydrogen-bond donors (Lipinski definition) is 1. The lowest BCUT2D eigenvalue weighted by atomic mass is 10.1. The first-order valence-electron chi connectivity index (χ1n) is 9.60. The van der Waals surface area contributed by atoms with E-state index < -0.39 is 6.04 Å². The first kappa shape index (κ1) is 19.2. The summed E-state index contributed by atoms with van der Waals surface area (Å²) in [6.45, 7) is 0. The number of ether oxygens (including phenoxy) is 1. The van der Waals surface area contributed by atoms with Crippen molar-refractivity contribution in [2.75, 3.05) is 10.2 Å². The molecule has 1 aliphatic rings. The van der Waals surface area contributed by atoms with Crippen molar-refractivity contribution in [2.24, 2.45) is 0 Å². The SMILES string of the molecule is N#Cc1ccc(NC(=O)C2CCC(=O)N2c2ccc(Oc3ccccc3)cc2)cc1. The molecule has 1 atom stereocenters. The fourth-order valence-corrected chi connectivity index (χ4v) is 3.41. The van der Waals surface area contributed by atoms with Gasteiger partial charge in [0, 0.05) is 17.8 Å².